The highest BCUT2D eigenvalue weighted by atomic mass is 35.5. The summed E-state index contributed by atoms with van der Waals surface area (Å²) in [5.41, 5.74) is 0.651. The Morgan fingerprint density at radius 2 is 2.07 bits per heavy atom. The SMILES string of the molecule is Cc1nc(-c2cnccn2)nc(Cl)c1F. The van der Waals surface area contributed by atoms with Gasteiger partial charge < -0.3 is 0 Å². The zero-order valence-corrected chi connectivity index (χ0v) is 8.53. The number of nitrogens with zero attached hydrogens (tertiary/aromatic N) is 4. The lowest BCUT2D eigenvalue weighted by Crippen LogP contribution is -1.98. The fourth-order valence-corrected chi connectivity index (χ4v) is 1.27. The molecule has 0 saturated carbocycles. The molecule has 0 atom stereocenters. The molecule has 15 heavy (non-hydrogen) atoms. The van der Waals surface area contributed by atoms with Crippen molar-refractivity contribution in [2.45, 2.75) is 6.92 Å². The molecule has 0 fully saturated rings. The minimum atomic E-state index is -0.607. The molecule has 0 spiro atoms. The van der Waals surface area contributed by atoms with Crippen LogP contribution in [-0.4, -0.2) is 19.9 Å². The number of hydrogen-bond acceptors (Lipinski definition) is 4. The van der Waals surface area contributed by atoms with Crippen molar-refractivity contribution >= 4 is 11.6 Å². The normalized spacial score (nSPS) is 10.3. The minimum absolute atomic E-state index is 0.190. The number of rotatable bonds is 1. The third-order valence-corrected chi connectivity index (χ3v) is 2.02. The van der Waals surface area contributed by atoms with E-state index in [4.69, 9.17) is 11.6 Å². The lowest BCUT2D eigenvalue weighted by molar-refractivity contribution is 0.603. The lowest BCUT2D eigenvalue weighted by atomic mass is 10.3. The Hall–Kier alpha value is -1.62. The Morgan fingerprint density at radius 3 is 2.67 bits per heavy atom. The Morgan fingerprint density at radius 1 is 1.27 bits per heavy atom. The molecule has 0 bridgehead atoms. The van der Waals surface area contributed by atoms with Crippen molar-refractivity contribution in [2.24, 2.45) is 0 Å². The molecule has 0 amide bonds. The summed E-state index contributed by atoms with van der Waals surface area (Å²) in [5, 5.41) is -0.205. The number of aryl methyl sites for hydroxylation is 1. The molecule has 0 aromatic carbocycles. The Balaban J connectivity index is 2.56. The van der Waals surface area contributed by atoms with Crippen molar-refractivity contribution in [2.75, 3.05) is 0 Å². The molecule has 0 aliphatic rings. The molecule has 6 heteroatoms. The smallest absolute Gasteiger partial charge is 0.181 e. The van der Waals surface area contributed by atoms with Gasteiger partial charge in [0.15, 0.2) is 16.8 Å². The average Bonchev–Trinajstić information content (AvgIpc) is 2.26. The second-order valence-corrected chi connectivity index (χ2v) is 3.19. The molecule has 2 aromatic rings. The summed E-state index contributed by atoms with van der Waals surface area (Å²) >= 11 is 5.59. The summed E-state index contributed by atoms with van der Waals surface area (Å²) < 4.78 is 13.1. The molecular weight excluding hydrogens is 219 g/mol. The van der Waals surface area contributed by atoms with Crippen molar-refractivity contribution in [1.82, 2.24) is 19.9 Å². The fourth-order valence-electron chi connectivity index (χ4n) is 1.05. The van der Waals surface area contributed by atoms with E-state index in [1.165, 1.54) is 25.5 Å². The zero-order chi connectivity index (χ0) is 10.8. The van der Waals surface area contributed by atoms with Crippen molar-refractivity contribution in [3.05, 3.63) is 35.3 Å². The van der Waals surface area contributed by atoms with Gasteiger partial charge in [0.25, 0.3) is 0 Å². The standard InChI is InChI=1S/C9H6ClFN4/c1-5-7(11)8(10)15-9(14-5)6-4-12-2-3-13-6/h2-4H,1H3. The Kier molecular flexibility index (Phi) is 2.55. The maximum atomic E-state index is 13.1. The summed E-state index contributed by atoms with van der Waals surface area (Å²) in [7, 11) is 0. The summed E-state index contributed by atoms with van der Waals surface area (Å²) in [5.74, 6) is -0.337. The van der Waals surface area contributed by atoms with E-state index in [0.717, 1.165) is 0 Å². The van der Waals surface area contributed by atoms with Gasteiger partial charge >= 0.3 is 0 Å². The Labute approximate surface area is 90.2 Å². The molecule has 0 aliphatic carbocycles. The summed E-state index contributed by atoms with van der Waals surface area (Å²) in [6.45, 7) is 1.52. The molecule has 2 aromatic heterocycles. The van der Waals surface area contributed by atoms with Crippen LogP contribution in [0.2, 0.25) is 5.15 Å². The molecule has 76 valence electrons. The first kappa shape index (κ1) is 9.92. The van der Waals surface area contributed by atoms with Crippen LogP contribution in [0.15, 0.2) is 18.6 Å². The van der Waals surface area contributed by atoms with Gasteiger partial charge in [0.1, 0.15) is 5.69 Å². The van der Waals surface area contributed by atoms with Crippen molar-refractivity contribution < 1.29 is 4.39 Å². The van der Waals surface area contributed by atoms with Gasteiger partial charge in [0.05, 0.1) is 11.9 Å². The minimum Gasteiger partial charge on any atom is -0.261 e. The quantitative estimate of drug-likeness (QED) is 0.696. The predicted octanol–water partition coefficient (Wildman–Crippen LogP) is 2.03. The van der Waals surface area contributed by atoms with Gasteiger partial charge in [-0.2, -0.15) is 0 Å². The van der Waals surface area contributed by atoms with Crippen LogP contribution in [0.4, 0.5) is 4.39 Å². The van der Waals surface area contributed by atoms with E-state index >= 15 is 0 Å². The van der Waals surface area contributed by atoms with Crippen LogP contribution in [0.1, 0.15) is 5.69 Å². The number of aromatic nitrogens is 4. The molecule has 0 aliphatic heterocycles. The second-order valence-electron chi connectivity index (χ2n) is 2.83. The third kappa shape index (κ3) is 1.92. The second kappa shape index (κ2) is 3.86. The number of halogens is 2. The molecule has 0 unspecified atom stereocenters. The van der Waals surface area contributed by atoms with Crippen LogP contribution in [0, 0.1) is 12.7 Å². The van der Waals surface area contributed by atoms with Gasteiger partial charge in [0, 0.05) is 12.4 Å². The Bertz CT molecular complexity index is 466. The largest absolute Gasteiger partial charge is 0.261 e. The highest BCUT2D eigenvalue weighted by Gasteiger charge is 2.11. The molecule has 0 radical (unpaired) electrons. The monoisotopic (exact) mass is 224 g/mol. The van der Waals surface area contributed by atoms with Gasteiger partial charge in [-0.25, -0.2) is 19.3 Å². The van der Waals surface area contributed by atoms with E-state index in [-0.39, 0.29) is 16.7 Å². The van der Waals surface area contributed by atoms with Crippen molar-refractivity contribution in [1.29, 1.82) is 0 Å². The first-order valence-corrected chi connectivity index (χ1v) is 4.52. The van der Waals surface area contributed by atoms with Crippen LogP contribution in [0.3, 0.4) is 0 Å². The third-order valence-electron chi connectivity index (χ3n) is 1.77. The van der Waals surface area contributed by atoms with Crippen LogP contribution >= 0.6 is 11.6 Å². The molecule has 4 nitrogen and oxygen atoms in total. The van der Waals surface area contributed by atoms with Gasteiger partial charge in [-0.3, -0.25) is 4.98 Å². The van der Waals surface area contributed by atoms with Gasteiger partial charge in [0.2, 0.25) is 0 Å². The molecular formula is C9H6ClFN4. The highest BCUT2D eigenvalue weighted by molar-refractivity contribution is 6.29. The van der Waals surface area contributed by atoms with E-state index < -0.39 is 5.82 Å². The first-order chi connectivity index (χ1) is 7.18. The maximum Gasteiger partial charge on any atom is 0.181 e. The van der Waals surface area contributed by atoms with Crippen LogP contribution in [-0.2, 0) is 0 Å². The lowest BCUT2D eigenvalue weighted by Gasteiger charge is -2.02. The van der Waals surface area contributed by atoms with Crippen molar-refractivity contribution in [3.8, 4) is 11.5 Å². The summed E-state index contributed by atoms with van der Waals surface area (Å²) in [6, 6.07) is 0. The van der Waals surface area contributed by atoms with Crippen LogP contribution in [0.25, 0.3) is 11.5 Å². The molecule has 0 saturated heterocycles. The van der Waals surface area contributed by atoms with E-state index in [0.29, 0.717) is 5.69 Å². The van der Waals surface area contributed by atoms with Crippen LogP contribution in [0.5, 0.6) is 0 Å². The summed E-state index contributed by atoms with van der Waals surface area (Å²) in [4.78, 5) is 15.6. The fraction of sp³-hybridized carbons (Fsp3) is 0.111. The maximum absolute atomic E-state index is 13.1. The topological polar surface area (TPSA) is 51.6 Å². The first-order valence-electron chi connectivity index (χ1n) is 4.14. The number of hydrogen-bond donors (Lipinski definition) is 0. The van der Waals surface area contributed by atoms with Gasteiger partial charge in [-0.15, -0.1) is 0 Å². The van der Waals surface area contributed by atoms with Gasteiger partial charge in [-0.05, 0) is 6.92 Å². The average molecular weight is 225 g/mol. The van der Waals surface area contributed by atoms with Gasteiger partial charge in [-0.1, -0.05) is 11.6 Å². The van der Waals surface area contributed by atoms with E-state index in [1.54, 1.807) is 0 Å². The highest BCUT2D eigenvalue weighted by Crippen LogP contribution is 2.18. The molecule has 0 N–H and O–H groups in total. The predicted molar refractivity (Wildman–Crippen MR) is 52.8 cm³/mol. The molecule has 2 heterocycles. The van der Waals surface area contributed by atoms with E-state index in [9.17, 15) is 4.39 Å². The van der Waals surface area contributed by atoms with Crippen LogP contribution < -0.4 is 0 Å². The van der Waals surface area contributed by atoms with E-state index in [2.05, 4.69) is 19.9 Å². The zero-order valence-electron chi connectivity index (χ0n) is 7.78. The van der Waals surface area contributed by atoms with Crippen molar-refractivity contribution in [3.63, 3.8) is 0 Å². The molecule has 2 rings (SSSR count). The summed E-state index contributed by atoms with van der Waals surface area (Å²) in [6.07, 6.45) is 4.52. The van der Waals surface area contributed by atoms with E-state index in [1.807, 2.05) is 0 Å².